The van der Waals surface area contributed by atoms with Gasteiger partial charge in [0.15, 0.2) is 0 Å². The highest BCUT2D eigenvalue weighted by Crippen LogP contribution is 2.41. The molecule has 0 bridgehead atoms. The van der Waals surface area contributed by atoms with Gasteiger partial charge >= 0.3 is 0 Å². The summed E-state index contributed by atoms with van der Waals surface area (Å²) in [6.07, 6.45) is 0. The third-order valence-electron chi connectivity index (χ3n) is 2.69. The van der Waals surface area contributed by atoms with Crippen LogP contribution in [0.15, 0.2) is 12.1 Å². The smallest absolute Gasteiger partial charge is 0.0456 e. The molecule has 16 heavy (non-hydrogen) atoms. The van der Waals surface area contributed by atoms with Gasteiger partial charge in [-0.2, -0.15) is 0 Å². The zero-order valence-corrected chi connectivity index (χ0v) is 12.6. The highest BCUT2D eigenvalue weighted by atomic mass is 32.1. The molecule has 0 N–H and O–H groups in total. The quantitative estimate of drug-likeness (QED) is 0.576. The van der Waals surface area contributed by atoms with Gasteiger partial charge in [0.1, 0.15) is 0 Å². The van der Waals surface area contributed by atoms with Crippen LogP contribution in [0, 0.1) is 0 Å². The van der Waals surface area contributed by atoms with Crippen LogP contribution in [-0.4, -0.2) is 0 Å². The third kappa shape index (κ3) is 2.18. The van der Waals surface area contributed by atoms with Crippen molar-refractivity contribution in [3.63, 3.8) is 0 Å². The summed E-state index contributed by atoms with van der Waals surface area (Å²) in [4.78, 5) is 2.99. The van der Waals surface area contributed by atoms with Crippen LogP contribution >= 0.6 is 22.7 Å². The molecule has 0 aliphatic carbocycles. The summed E-state index contributed by atoms with van der Waals surface area (Å²) >= 11 is 3.90. The first-order chi connectivity index (χ1) is 7.18. The molecular weight excluding hydrogens is 232 g/mol. The van der Waals surface area contributed by atoms with Gasteiger partial charge < -0.3 is 0 Å². The van der Waals surface area contributed by atoms with Crippen molar-refractivity contribution in [2.24, 2.45) is 0 Å². The Morgan fingerprint density at radius 1 is 0.688 bits per heavy atom. The van der Waals surface area contributed by atoms with Gasteiger partial charge in [0.25, 0.3) is 0 Å². The lowest BCUT2D eigenvalue weighted by molar-refractivity contribution is 0.604. The first kappa shape index (κ1) is 12.1. The first-order valence-corrected chi connectivity index (χ1v) is 7.35. The van der Waals surface area contributed by atoms with Crippen molar-refractivity contribution in [1.29, 1.82) is 0 Å². The zero-order valence-electron chi connectivity index (χ0n) is 11.0. The zero-order chi connectivity index (χ0) is 12.1. The van der Waals surface area contributed by atoms with Crippen LogP contribution < -0.4 is 0 Å². The maximum Gasteiger partial charge on any atom is 0.0456 e. The molecule has 0 atom stereocenters. The fourth-order valence-electron chi connectivity index (χ4n) is 1.57. The number of hydrogen-bond acceptors (Lipinski definition) is 2. The molecule has 0 aliphatic rings. The molecular formula is C14H20S2. The van der Waals surface area contributed by atoms with E-state index < -0.39 is 0 Å². The fourth-order valence-corrected chi connectivity index (χ4v) is 4.09. The molecule has 0 nitrogen and oxygen atoms in total. The number of thiophene rings is 2. The van der Waals surface area contributed by atoms with Crippen molar-refractivity contribution in [1.82, 2.24) is 0 Å². The van der Waals surface area contributed by atoms with E-state index in [0.717, 1.165) is 0 Å². The Bertz CT molecular complexity index is 426. The molecule has 2 aromatic rings. The molecule has 0 saturated carbocycles. The van der Waals surface area contributed by atoms with Crippen LogP contribution in [0.5, 0.6) is 0 Å². The van der Waals surface area contributed by atoms with Crippen molar-refractivity contribution in [3.05, 3.63) is 21.9 Å². The van der Waals surface area contributed by atoms with Crippen LogP contribution in [0.2, 0.25) is 0 Å². The van der Waals surface area contributed by atoms with Crippen LogP contribution in [0.1, 0.15) is 51.3 Å². The second-order valence-electron chi connectivity index (χ2n) is 6.45. The molecule has 2 heteroatoms. The summed E-state index contributed by atoms with van der Waals surface area (Å²) in [6.45, 7) is 13.7. The maximum absolute atomic E-state index is 2.37. The van der Waals surface area contributed by atoms with Crippen LogP contribution in [0.25, 0.3) is 9.40 Å². The summed E-state index contributed by atoms with van der Waals surface area (Å²) in [5.74, 6) is 0. The molecule has 88 valence electrons. The Kier molecular flexibility index (Phi) is 2.71. The van der Waals surface area contributed by atoms with Crippen molar-refractivity contribution in [3.8, 4) is 0 Å². The second kappa shape index (κ2) is 3.58. The van der Waals surface area contributed by atoms with E-state index in [0.29, 0.717) is 0 Å². The molecule has 0 amide bonds. The van der Waals surface area contributed by atoms with E-state index in [4.69, 9.17) is 0 Å². The Morgan fingerprint density at radius 3 is 1.25 bits per heavy atom. The molecule has 0 saturated heterocycles. The number of rotatable bonds is 0. The summed E-state index contributed by atoms with van der Waals surface area (Å²) in [5, 5.41) is 0. The molecule has 0 fully saturated rings. The Balaban J connectivity index is 2.49. The second-order valence-corrected chi connectivity index (χ2v) is 8.62. The molecule has 0 aliphatic heterocycles. The van der Waals surface area contributed by atoms with E-state index >= 15 is 0 Å². The van der Waals surface area contributed by atoms with E-state index in [9.17, 15) is 0 Å². The van der Waals surface area contributed by atoms with Gasteiger partial charge in [0.2, 0.25) is 0 Å². The highest BCUT2D eigenvalue weighted by Gasteiger charge is 2.21. The van der Waals surface area contributed by atoms with Gasteiger partial charge in [-0.25, -0.2) is 0 Å². The Labute approximate surface area is 106 Å². The maximum atomic E-state index is 2.37. The number of fused-ring (bicyclic) bond motifs is 1. The summed E-state index contributed by atoms with van der Waals surface area (Å²) < 4.78 is 2.92. The lowest BCUT2D eigenvalue weighted by Crippen LogP contribution is -2.08. The minimum absolute atomic E-state index is 0.283. The predicted octanol–water partition coefficient (Wildman–Crippen LogP) is 5.56. The average molecular weight is 252 g/mol. The monoisotopic (exact) mass is 252 g/mol. The predicted molar refractivity (Wildman–Crippen MR) is 77.1 cm³/mol. The van der Waals surface area contributed by atoms with Gasteiger partial charge in [-0.15, -0.1) is 22.7 Å². The highest BCUT2D eigenvalue weighted by molar-refractivity contribution is 7.28. The first-order valence-electron chi connectivity index (χ1n) is 5.72. The molecule has 2 aromatic heterocycles. The van der Waals surface area contributed by atoms with Crippen molar-refractivity contribution >= 4 is 32.1 Å². The SMILES string of the molecule is CC(C)(C)c1cc2sc(C(C)(C)C)cc2s1. The molecule has 0 radical (unpaired) electrons. The normalized spacial score (nSPS) is 13.6. The van der Waals surface area contributed by atoms with E-state index in [2.05, 4.69) is 53.7 Å². The van der Waals surface area contributed by atoms with Gasteiger partial charge in [-0.1, -0.05) is 41.5 Å². The van der Waals surface area contributed by atoms with E-state index in [-0.39, 0.29) is 10.8 Å². The lowest BCUT2D eigenvalue weighted by Gasteiger charge is -2.16. The van der Waals surface area contributed by atoms with Gasteiger partial charge in [-0.05, 0) is 23.0 Å². The lowest BCUT2D eigenvalue weighted by atomic mass is 9.94. The van der Waals surface area contributed by atoms with Gasteiger partial charge in [-0.3, -0.25) is 0 Å². The van der Waals surface area contributed by atoms with Crippen molar-refractivity contribution in [2.75, 3.05) is 0 Å². The van der Waals surface area contributed by atoms with Crippen LogP contribution in [0.3, 0.4) is 0 Å². The molecule has 2 rings (SSSR count). The third-order valence-corrected chi connectivity index (χ3v) is 5.83. The molecule has 2 heterocycles. The molecule has 0 aromatic carbocycles. The van der Waals surface area contributed by atoms with E-state index in [1.54, 1.807) is 0 Å². The largest absolute Gasteiger partial charge is 0.139 e. The van der Waals surface area contributed by atoms with Crippen LogP contribution in [-0.2, 0) is 10.8 Å². The van der Waals surface area contributed by atoms with Crippen molar-refractivity contribution in [2.45, 2.75) is 52.4 Å². The fraction of sp³-hybridized carbons (Fsp3) is 0.571. The average Bonchev–Trinajstić information content (AvgIpc) is 2.53. The number of hydrogen-bond donors (Lipinski definition) is 0. The van der Waals surface area contributed by atoms with Gasteiger partial charge in [0.05, 0.1) is 0 Å². The Hall–Kier alpha value is -0.340. The minimum atomic E-state index is 0.283. The molecule has 0 spiro atoms. The van der Waals surface area contributed by atoms with E-state index in [1.165, 1.54) is 19.2 Å². The van der Waals surface area contributed by atoms with Crippen molar-refractivity contribution < 1.29 is 0 Å². The summed E-state index contributed by atoms with van der Waals surface area (Å²) in [5.41, 5.74) is 0.566. The summed E-state index contributed by atoms with van der Waals surface area (Å²) in [7, 11) is 0. The van der Waals surface area contributed by atoms with Gasteiger partial charge in [0, 0.05) is 19.2 Å². The minimum Gasteiger partial charge on any atom is -0.139 e. The van der Waals surface area contributed by atoms with Crippen LogP contribution in [0.4, 0.5) is 0 Å². The summed E-state index contributed by atoms with van der Waals surface area (Å²) in [6, 6.07) is 4.75. The Morgan fingerprint density at radius 2 is 1.00 bits per heavy atom. The topological polar surface area (TPSA) is 0 Å². The molecule has 0 unspecified atom stereocenters. The van der Waals surface area contributed by atoms with E-state index in [1.807, 2.05) is 22.7 Å². The standard InChI is InChI=1S/C14H20S2/c1-13(2,3)11-7-9-10(15-11)8-12(16-9)14(4,5)6/h7-8H,1-6H3.